The Bertz CT molecular complexity index is 4110. The first kappa shape index (κ1) is 64.5. The van der Waals surface area contributed by atoms with Gasteiger partial charge in [-0.05, 0) is 139 Å². The third-order valence-electron chi connectivity index (χ3n) is 17.4. The zero-order valence-corrected chi connectivity index (χ0v) is 53.5. The minimum Gasteiger partial charge on any atom is -0.494 e. The molecule has 1 unspecified atom stereocenters. The largest absolute Gasteiger partial charge is 0.494 e. The topological polar surface area (TPSA) is 229 Å². The Morgan fingerprint density at radius 1 is 0.670 bits per heavy atom. The number of esters is 2. The smallest absolute Gasteiger partial charge is 0.343 e. The van der Waals surface area contributed by atoms with Gasteiger partial charge in [-0.1, -0.05) is 68.4 Å². The number of likely N-dealkylation sites (tertiary alicyclic amines) is 1. The Balaban J connectivity index is 0.614. The number of amides is 2. The van der Waals surface area contributed by atoms with Gasteiger partial charge in [-0.25, -0.2) is 9.78 Å². The second-order valence-electron chi connectivity index (χ2n) is 24.0. The molecule has 1 fully saturated rings. The third-order valence-corrected chi connectivity index (χ3v) is 18.6. The Morgan fingerprint density at radius 2 is 1.29 bits per heavy atom. The standard InChI is InChI=1S/C74H73N9O10S/c1-3-59-60-37-57(25-26-64(60)79-70-61(59)47-82-65(70)38-63-62(71(82)87)48-92-73(89)74(63,90)4-2)93-69(86)27-33-94-67-39-68(85)83(72(67)88)42-49-21-23-52(24-22-49)66(84)20-6-5-15-32-91-58-35-50(40-80(43-53-16-7-11-28-75-53)44-54-17-8-12-29-76-54)34-51(36-58)41-81(45-55-18-9-13-30-77-55)46-56-19-10-14-31-78-56/h7-14,16-19,21-26,28-31,34-38,67,90H,3-6,15,20,27,32-33,39-48H2,1-2H3/t67?,74-/m0/s1. The number of thioether (sulfide) groups is 1. The highest BCUT2D eigenvalue weighted by molar-refractivity contribution is 8.00. The number of rotatable bonds is 29. The number of carbonyl (C=O) groups is 5. The average Bonchev–Trinajstić information content (AvgIpc) is 1.53. The van der Waals surface area contributed by atoms with E-state index in [4.69, 9.17) is 19.2 Å². The molecule has 0 bridgehead atoms. The van der Waals surface area contributed by atoms with Crippen LogP contribution in [0.4, 0.5) is 0 Å². The van der Waals surface area contributed by atoms with E-state index in [0.717, 1.165) is 74.6 Å². The number of unbranched alkanes of at least 4 members (excludes halogenated alkanes) is 2. The molecule has 12 rings (SSSR count). The number of aromatic nitrogens is 6. The molecule has 9 heterocycles. The van der Waals surface area contributed by atoms with Gasteiger partial charge >= 0.3 is 11.9 Å². The highest BCUT2D eigenvalue weighted by Crippen LogP contribution is 2.41. The predicted molar refractivity (Wildman–Crippen MR) is 355 cm³/mol. The molecule has 3 aliphatic heterocycles. The maximum atomic E-state index is 13.8. The lowest BCUT2D eigenvalue weighted by molar-refractivity contribution is -0.172. The van der Waals surface area contributed by atoms with Crippen LogP contribution >= 0.6 is 11.8 Å². The number of carbonyl (C=O) groups excluding carboxylic acids is 5. The number of imide groups is 1. The Hall–Kier alpha value is -9.60. The molecule has 94 heavy (non-hydrogen) atoms. The van der Waals surface area contributed by atoms with Crippen molar-refractivity contribution in [3.05, 3.63) is 242 Å². The van der Waals surface area contributed by atoms with E-state index in [1.54, 1.807) is 60.0 Å². The lowest BCUT2D eigenvalue weighted by Crippen LogP contribution is -2.44. The van der Waals surface area contributed by atoms with E-state index in [0.29, 0.717) is 93.4 Å². The first-order valence-corrected chi connectivity index (χ1v) is 33.0. The Morgan fingerprint density at radius 3 is 1.86 bits per heavy atom. The molecular formula is C74H73N9O10S. The van der Waals surface area contributed by atoms with Gasteiger partial charge in [0, 0.05) is 105 Å². The van der Waals surface area contributed by atoms with Crippen LogP contribution < -0.4 is 15.0 Å². The predicted octanol–water partition coefficient (Wildman–Crippen LogP) is 10.8. The van der Waals surface area contributed by atoms with Crippen LogP contribution in [-0.4, -0.2) is 96.4 Å². The zero-order valence-electron chi connectivity index (χ0n) is 52.7. The fourth-order valence-corrected chi connectivity index (χ4v) is 13.7. The molecule has 0 spiro atoms. The van der Waals surface area contributed by atoms with Crippen LogP contribution in [0, 0.1) is 0 Å². The first-order valence-electron chi connectivity index (χ1n) is 32.0. The van der Waals surface area contributed by atoms with Crippen molar-refractivity contribution in [3.63, 3.8) is 0 Å². The van der Waals surface area contributed by atoms with E-state index in [1.165, 1.54) is 16.7 Å². The maximum Gasteiger partial charge on any atom is 0.343 e. The molecule has 0 saturated carbocycles. The fraction of sp³-hybridized carbons (Fsp3) is 0.311. The van der Waals surface area contributed by atoms with Gasteiger partial charge < -0.3 is 23.9 Å². The van der Waals surface area contributed by atoms with Crippen molar-refractivity contribution in [1.29, 1.82) is 0 Å². The van der Waals surface area contributed by atoms with Gasteiger partial charge in [-0.15, -0.1) is 11.8 Å². The SMILES string of the molecule is CCc1c2c(nc3ccc(OC(=O)CCSC4CC(=O)N(Cc5ccc(C(=O)CCCCCOc6cc(CN(Cc7ccccn7)Cc7ccccn7)cc(CN(Cc7ccccn7)Cc7ccccn7)c6)cc5)C4=O)cc13)-c1cc3c(c(=O)n1C2)COC(=O)[C@]3(O)CC. The van der Waals surface area contributed by atoms with Crippen molar-refractivity contribution in [2.45, 2.75) is 135 Å². The minimum absolute atomic E-state index is 0.00751. The van der Waals surface area contributed by atoms with Gasteiger partial charge in [0.15, 0.2) is 11.4 Å². The van der Waals surface area contributed by atoms with Crippen LogP contribution in [0.2, 0.25) is 0 Å². The number of pyridine rings is 6. The van der Waals surface area contributed by atoms with E-state index in [1.807, 2.05) is 105 Å². The highest BCUT2D eigenvalue weighted by Gasteiger charge is 2.46. The van der Waals surface area contributed by atoms with Gasteiger partial charge in [-0.3, -0.25) is 58.6 Å². The summed E-state index contributed by atoms with van der Waals surface area (Å²) in [6, 6.07) is 44.3. The van der Waals surface area contributed by atoms with Gasteiger partial charge in [-0.2, -0.15) is 0 Å². The van der Waals surface area contributed by atoms with E-state index >= 15 is 0 Å². The number of cyclic esters (lactones) is 1. The molecule has 0 aliphatic carbocycles. The summed E-state index contributed by atoms with van der Waals surface area (Å²) in [7, 11) is 0. The van der Waals surface area contributed by atoms with Crippen molar-refractivity contribution in [1.82, 2.24) is 44.2 Å². The number of hydrogen-bond acceptors (Lipinski definition) is 18. The maximum absolute atomic E-state index is 13.8. The first-order chi connectivity index (χ1) is 45.8. The number of fused-ring (bicyclic) bond motifs is 5. The Labute approximate surface area is 549 Å². The average molecular weight is 1280 g/mol. The van der Waals surface area contributed by atoms with Gasteiger partial charge in [0.25, 0.3) is 5.56 Å². The minimum atomic E-state index is -1.94. The van der Waals surface area contributed by atoms with Crippen molar-refractivity contribution >= 4 is 52.2 Å². The summed E-state index contributed by atoms with van der Waals surface area (Å²) < 4.78 is 19.2. The second-order valence-corrected chi connectivity index (χ2v) is 25.3. The lowest BCUT2D eigenvalue weighted by Gasteiger charge is -2.31. The summed E-state index contributed by atoms with van der Waals surface area (Å²) in [5, 5.41) is 11.4. The van der Waals surface area contributed by atoms with Crippen LogP contribution in [0.5, 0.6) is 11.5 Å². The molecule has 0 radical (unpaired) electrons. The molecule has 19 nitrogen and oxygen atoms in total. The molecule has 20 heteroatoms. The number of aliphatic hydroxyl groups is 1. The monoisotopic (exact) mass is 1280 g/mol. The van der Waals surface area contributed by atoms with Crippen molar-refractivity contribution < 1.29 is 43.3 Å². The molecule has 3 aromatic carbocycles. The van der Waals surface area contributed by atoms with Crippen molar-refractivity contribution in [2.24, 2.45) is 0 Å². The zero-order chi connectivity index (χ0) is 65.1. The second kappa shape index (κ2) is 29.6. The molecule has 1 N–H and O–H groups in total. The fourth-order valence-electron chi connectivity index (χ4n) is 12.6. The number of aryl methyl sites for hydroxylation is 1. The number of ketones is 1. The molecule has 6 aromatic heterocycles. The van der Waals surface area contributed by atoms with E-state index < -0.39 is 22.8 Å². The summed E-state index contributed by atoms with van der Waals surface area (Å²) in [6.45, 7) is 7.98. The number of Topliss-reactive ketones (excluding diaryl/α,β-unsaturated/α-hetero) is 1. The van der Waals surface area contributed by atoms with Crippen LogP contribution in [0.15, 0.2) is 169 Å². The van der Waals surface area contributed by atoms with Gasteiger partial charge in [0.1, 0.15) is 18.1 Å². The van der Waals surface area contributed by atoms with Crippen LogP contribution in [0.25, 0.3) is 22.3 Å². The highest BCUT2D eigenvalue weighted by atomic mass is 32.2. The quantitative estimate of drug-likeness (QED) is 0.0151. The Kier molecular flexibility index (Phi) is 20.3. The normalized spacial score (nSPS) is 15.7. The molecular weight excluding hydrogens is 1210 g/mol. The van der Waals surface area contributed by atoms with E-state index in [-0.39, 0.29) is 79.0 Å². The molecule has 3 aliphatic rings. The lowest BCUT2D eigenvalue weighted by atomic mass is 9.86. The molecule has 2 atom stereocenters. The van der Waals surface area contributed by atoms with Gasteiger partial charge in [0.2, 0.25) is 11.8 Å². The summed E-state index contributed by atoms with van der Waals surface area (Å²) in [5.41, 5.74) is 9.01. The number of hydrogen-bond donors (Lipinski definition) is 1. The summed E-state index contributed by atoms with van der Waals surface area (Å²) in [5.74, 6) is -0.568. The molecule has 480 valence electrons. The van der Waals surface area contributed by atoms with Crippen LogP contribution in [0.3, 0.4) is 0 Å². The number of ether oxygens (including phenoxy) is 3. The summed E-state index contributed by atoms with van der Waals surface area (Å²) >= 11 is 1.24. The molecule has 9 aromatic rings. The van der Waals surface area contributed by atoms with Gasteiger partial charge in [0.05, 0.1) is 76.6 Å². The molecule has 2 amide bonds. The number of benzene rings is 3. The number of nitrogens with zero attached hydrogens (tertiary/aromatic N) is 9. The van der Waals surface area contributed by atoms with Crippen LogP contribution in [0.1, 0.15) is 131 Å². The van der Waals surface area contributed by atoms with Crippen LogP contribution in [-0.2, 0) is 94.9 Å². The van der Waals surface area contributed by atoms with Crippen molar-refractivity contribution in [3.8, 4) is 22.9 Å². The summed E-state index contributed by atoms with van der Waals surface area (Å²) in [4.78, 5) is 109. The third kappa shape index (κ3) is 15.1. The van der Waals surface area contributed by atoms with E-state index in [2.05, 4.69) is 47.9 Å². The summed E-state index contributed by atoms with van der Waals surface area (Å²) in [6.07, 6.45) is 10.5. The van der Waals surface area contributed by atoms with E-state index in [9.17, 15) is 33.9 Å². The van der Waals surface area contributed by atoms with Crippen molar-refractivity contribution in [2.75, 3.05) is 12.4 Å². The molecule has 1 saturated heterocycles.